The van der Waals surface area contributed by atoms with Crippen molar-refractivity contribution in [3.63, 3.8) is 0 Å². The van der Waals surface area contributed by atoms with Crippen molar-refractivity contribution in [2.45, 2.75) is 32.2 Å². The summed E-state index contributed by atoms with van der Waals surface area (Å²) < 4.78 is 0. The molecule has 2 amide bonds. The van der Waals surface area contributed by atoms with Crippen LogP contribution < -0.4 is 11.1 Å². The van der Waals surface area contributed by atoms with Crippen molar-refractivity contribution in [3.05, 3.63) is 35.9 Å². The molecular weight excluding hydrogens is 250 g/mol. The quantitative estimate of drug-likeness (QED) is 0.889. The Morgan fingerprint density at radius 2 is 1.95 bits per heavy atom. The van der Waals surface area contributed by atoms with E-state index >= 15 is 0 Å². The molecule has 3 N–H and O–H groups in total. The Balaban J connectivity index is 2.04. The summed E-state index contributed by atoms with van der Waals surface area (Å²) in [5.41, 5.74) is 6.44. The first-order chi connectivity index (χ1) is 9.55. The van der Waals surface area contributed by atoms with Crippen molar-refractivity contribution in [2.24, 2.45) is 11.7 Å². The summed E-state index contributed by atoms with van der Waals surface area (Å²) in [6.07, 6.45) is 2.16. The van der Waals surface area contributed by atoms with Gasteiger partial charge in [0.05, 0.1) is 5.54 Å². The van der Waals surface area contributed by atoms with Crippen LogP contribution in [0.15, 0.2) is 30.3 Å². The van der Waals surface area contributed by atoms with Gasteiger partial charge in [-0.15, -0.1) is 0 Å². The van der Waals surface area contributed by atoms with Crippen LogP contribution in [0.4, 0.5) is 4.79 Å². The molecule has 0 aliphatic carbocycles. The first-order valence-corrected chi connectivity index (χ1v) is 7.38. The van der Waals surface area contributed by atoms with E-state index in [2.05, 4.69) is 12.2 Å². The lowest BCUT2D eigenvalue weighted by Gasteiger charge is -2.36. The highest BCUT2D eigenvalue weighted by atomic mass is 16.2. The molecule has 0 bridgehead atoms. The third kappa shape index (κ3) is 3.31. The van der Waals surface area contributed by atoms with E-state index in [-0.39, 0.29) is 6.03 Å². The number of nitrogens with one attached hydrogen (secondary N) is 1. The van der Waals surface area contributed by atoms with Gasteiger partial charge >= 0.3 is 6.03 Å². The molecule has 1 aliphatic rings. The number of nitrogens with two attached hydrogens (primary N) is 1. The van der Waals surface area contributed by atoms with Crippen molar-refractivity contribution in [2.75, 3.05) is 19.6 Å². The Bertz CT molecular complexity index is 440. The van der Waals surface area contributed by atoms with Crippen LogP contribution in [0.1, 0.15) is 32.3 Å². The zero-order valence-electron chi connectivity index (χ0n) is 12.4. The first kappa shape index (κ1) is 14.9. The molecule has 0 radical (unpaired) electrons. The predicted octanol–water partition coefficient (Wildman–Crippen LogP) is 2.30. The number of nitrogens with zero attached hydrogens (tertiary/aromatic N) is 1. The standard InChI is InChI=1S/C16H25N3O/c1-13-8-10-19(11-9-13)15(20)18-16(2,12-17)14-6-4-3-5-7-14/h3-7,13H,8-12,17H2,1-2H3,(H,18,20). The van der Waals surface area contributed by atoms with Gasteiger partial charge in [0.25, 0.3) is 0 Å². The van der Waals surface area contributed by atoms with E-state index in [0.29, 0.717) is 12.5 Å². The lowest BCUT2D eigenvalue weighted by Crippen LogP contribution is -2.54. The molecule has 0 spiro atoms. The molecule has 1 atom stereocenters. The molecule has 110 valence electrons. The molecular formula is C16H25N3O. The van der Waals surface area contributed by atoms with E-state index < -0.39 is 5.54 Å². The molecule has 1 fully saturated rings. The van der Waals surface area contributed by atoms with E-state index in [9.17, 15) is 4.79 Å². The van der Waals surface area contributed by atoms with Gasteiger partial charge in [0.1, 0.15) is 0 Å². The Kier molecular flexibility index (Phi) is 4.65. The predicted molar refractivity (Wildman–Crippen MR) is 81.4 cm³/mol. The summed E-state index contributed by atoms with van der Waals surface area (Å²) in [6.45, 7) is 6.27. The van der Waals surface area contributed by atoms with Crippen LogP contribution in [0, 0.1) is 5.92 Å². The van der Waals surface area contributed by atoms with E-state index in [4.69, 9.17) is 5.73 Å². The second kappa shape index (κ2) is 6.27. The number of urea groups is 1. The topological polar surface area (TPSA) is 58.4 Å². The highest BCUT2D eigenvalue weighted by Gasteiger charge is 2.30. The number of piperidine rings is 1. The van der Waals surface area contributed by atoms with Crippen molar-refractivity contribution in [3.8, 4) is 0 Å². The third-order valence-electron chi connectivity index (χ3n) is 4.27. The average Bonchev–Trinajstić information content (AvgIpc) is 2.48. The number of amides is 2. The van der Waals surface area contributed by atoms with E-state index in [0.717, 1.165) is 31.5 Å². The van der Waals surface area contributed by atoms with Crippen LogP contribution in [0.25, 0.3) is 0 Å². The third-order valence-corrected chi connectivity index (χ3v) is 4.27. The maximum atomic E-state index is 12.4. The zero-order valence-corrected chi connectivity index (χ0v) is 12.4. The van der Waals surface area contributed by atoms with Gasteiger partial charge in [0.2, 0.25) is 0 Å². The second-order valence-electron chi connectivity index (χ2n) is 6.00. The summed E-state index contributed by atoms with van der Waals surface area (Å²) in [5, 5.41) is 3.11. The van der Waals surface area contributed by atoms with Crippen molar-refractivity contribution >= 4 is 6.03 Å². The number of rotatable bonds is 3. The van der Waals surface area contributed by atoms with Gasteiger partial charge in [-0.05, 0) is 31.2 Å². The minimum atomic E-state index is -0.512. The van der Waals surface area contributed by atoms with Crippen LogP contribution >= 0.6 is 0 Å². The number of hydrogen-bond donors (Lipinski definition) is 2. The summed E-state index contributed by atoms with van der Waals surface area (Å²) in [5.74, 6) is 0.717. The van der Waals surface area contributed by atoms with Gasteiger partial charge in [-0.25, -0.2) is 4.79 Å². The number of carbonyl (C=O) groups excluding carboxylic acids is 1. The molecule has 4 heteroatoms. The van der Waals surface area contributed by atoms with Crippen LogP contribution in [0.5, 0.6) is 0 Å². The van der Waals surface area contributed by atoms with Crippen molar-refractivity contribution in [1.29, 1.82) is 0 Å². The monoisotopic (exact) mass is 275 g/mol. The smallest absolute Gasteiger partial charge is 0.318 e. The fourth-order valence-corrected chi connectivity index (χ4v) is 2.57. The van der Waals surface area contributed by atoms with E-state index in [1.54, 1.807) is 0 Å². The number of carbonyl (C=O) groups is 1. The SMILES string of the molecule is CC1CCN(C(=O)NC(C)(CN)c2ccccc2)CC1. The van der Waals surface area contributed by atoms with Gasteiger partial charge in [-0.3, -0.25) is 0 Å². The maximum Gasteiger partial charge on any atom is 0.318 e. The Morgan fingerprint density at radius 3 is 2.50 bits per heavy atom. The molecule has 2 rings (SSSR count). The largest absolute Gasteiger partial charge is 0.328 e. The van der Waals surface area contributed by atoms with Crippen LogP contribution in [-0.4, -0.2) is 30.6 Å². The molecule has 20 heavy (non-hydrogen) atoms. The molecule has 0 aromatic heterocycles. The van der Waals surface area contributed by atoms with Crippen molar-refractivity contribution < 1.29 is 4.79 Å². The fourth-order valence-electron chi connectivity index (χ4n) is 2.57. The van der Waals surface area contributed by atoms with Crippen LogP contribution in [0.3, 0.4) is 0 Å². The maximum absolute atomic E-state index is 12.4. The first-order valence-electron chi connectivity index (χ1n) is 7.38. The minimum Gasteiger partial charge on any atom is -0.328 e. The Morgan fingerprint density at radius 1 is 1.35 bits per heavy atom. The second-order valence-corrected chi connectivity index (χ2v) is 6.00. The molecule has 1 heterocycles. The molecule has 1 saturated heterocycles. The van der Waals surface area contributed by atoms with Gasteiger partial charge in [-0.1, -0.05) is 37.3 Å². The Hall–Kier alpha value is -1.55. The van der Waals surface area contributed by atoms with E-state index in [1.807, 2.05) is 42.2 Å². The normalized spacial score (nSPS) is 19.4. The number of likely N-dealkylation sites (tertiary alicyclic amines) is 1. The van der Waals surface area contributed by atoms with Gasteiger partial charge in [0.15, 0.2) is 0 Å². The average molecular weight is 275 g/mol. The lowest BCUT2D eigenvalue weighted by atomic mass is 9.92. The highest BCUT2D eigenvalue weighted by Crippen LogP contribution is 2.21. The van der Waals surface area contributed by atoms with Crippen molar-refractivity contribution in [1.82, 2.24) is 10.2 Å². The van der Waals surface area contributed by atoms with Gasteiger partial charge < -0.3 is 16.0 Å². The van der Waals surface area contributed by atoms with Crippen LogP contribution in [-0.2, 0) is 5.54 Å². The zero-order chi connectivity index (χ0) is 14.6. The summed E-state index contributed by atoms with van der Waals surface area (Å²) in [6, 6.07) is 9.91. The van der Waals surface area contributed by atoms with Gasteiger partial charge in [0, 0.05) is 19.6 Å². The summed E-state index contributed by atoms with van der Waals surface area (Å²) in [4.78, 5) is 14.3. The van der Waals surface area contributed by atoms with Crippen LogP contribution in [0.2, 0.25) is 0 Å². The van der Waals surface area contributed by atoms with E-state index in [1.165, 1.54) is 0 Å². The lowest BCUT2D eigenvalue weighted by molar-refractivity contribution is 0.163. The molecule has 4 nitrogen and oxygen atoms in total. The minimum absolute atomic E-state index is 0.00583. The van der Waals surface area contributed by atoms with Gasteiger partial charge in [-0.2, -0.15) is 0 Å². The molecule has 1 aromatic rings. The highest BCUT2D eigenvalue weighted by molar-refractivity contribution is 5.75. The molecule has 0 saturated carbocycles. The molecule has 1 unspecified atom stereocenters. The summed E-state index contributed by atoms with van der Waals surface area (Å²) >= 11 is 0. The summed E-state index contributed by atoms with van der Waals surface area (Å²) in [7, 11) is 0. The number of benzene rings is 1. The fraction of sp³-hybridized carbons (Fsp3) is 0.562. The number of hydrogen-bond acceptors (Lipinski definition) is 2. The molecule has 1 aromatic carbocycles. The Labute approximate surface area is 121 Å². The molecule has 1 aliphatic heterocycles.